The van der Waals surface area contributed by atoms with E-state index in [-0.39, 0.29) is 28.8 Å². The summed E-state index contributed by atoms with van der Waals surface area (Å²) in [6, 6.07) is 3.89. The number of amides is 2. The minimum absolute atomic E-state index is 0.0374. The third-order valence-electron chi connectivity index (χ3n) is 5.14. The number of hydrogen-bond acceptors (Lipinski definition) is 4. The standard InChI is InChI=1S/C18H16ClF3N4O3/c19-12-2-1-11(3-13(12)20)29-6-14(27)24-17-7-18(8-17,9-17)25-15(28)10-4-23-26(5-10)16(21)22/h1-5,16H,6-9H2,(H,24,27)(H,25,28). The second-order valence-corrected chi connectivity index (χ2v) is 7.85. The number of ether oxygens (including phenoxy) is 1. The first-order valence-corrected chi connectivity index (χ1v) is 9.11. The zero-order valence-electron chi connectivity index (χ0n) is 14.9. The number of hydrogen-bond donors (Lipinski definition) is 2. The number of carbonyl (C=O) groups is 2. The molecule has 1 aromatic heterocycles. The Labute approximate surface area is 168 Å². The van der Waals surface area contributed by atoms with Gasteiger partial charge in [0.05, 0.1) is 16.8 Å². The van der Waals surface area contributed by atoms with E-state index in [2.05, 4.69) is 15.7 Å². The van der Waals surface area contributed by atoms with Gasteiger partial charge in [0.1, 0.15) is 11.6 Å². The van der Waals surface area contributed by atoms with E-state index in [1.54, 1.807) is 0 Å². The van der Waals surface area contributed by atoms with Crippen molar-refractivity contribution in [3.63, 3.8) is 0 Å². The van der Waals surface area contributed by atoms with Crippen molar-refractivity contribution in [2.75, 3.05) is 6.61 Å². The molecule has 3 saturated carbocycles. The molecule has 0 atom stereocenters. The average Bonchev–Trinajstić information content (AvgIpc) is 3.10. The topological polar surface area (TPSA) is 85.2 Å². The predicted molar refractivity (Wildman–Crippen MR) is 95.3 cm³/mol. The van der Waals surface area contributed by atoms with Crippen molar-refractivity contribution in [1.29, 1.82) is 0 Å². The molecule has 2 aromatic rings. The smallest absolute Gasteiger partial charge is 0.333 e. The number of benzene rings is 1. The minimum Gasteiger partial charge on any atom is -0.484 e. The van der Waals surface area contributed by atoms with Crippen LogP contribution in [0.3, 0.4) is 0 Å². The molecule has 3 aliphatic rings. The molecule has 1 aromatic carbocycles. The fraction of sp³-hybridized carbons (Fsp3) is 0.389. The molecular formula is C18H16ClF3N4O3. The summed E-state index contributed by atoms with van der Waals surface area (Å²) in [5.41, 5.74) is -0.805. The van der Waals surface area contributed by atoms with E-state index < -0.39 is 29.4 Å². The Morgan fingerprint density at radius 2 is 1.93 bits per heavy atom. The van der Waals surface area contributed by atoms with Gasteiger partial charge in [-0.1, -0.05) is 11.6 Å². The first-order valence-electron chi connectivity index (χ1n) is 8.73. The summed E-state index contributed by atoms with van der Waals surface area (Å²) in [6.07, 6.45) is 3.68. The number of alkyl halides is 2. The van der Waals surface area contributed by atoms with Crippen LogP contribution >= 0.6 is 11.6 Å². The highest BCUT2D eigenvalue weighted by molar-refractivity contribution is 6.30. The minimum atomic E-state index is -2.81. The lowest BCUT2D eigenvalue weighted by molar-refractivity contribution is -0.141. The van der Waals surface area contributed by atoms with Gasteiger partial charge in [0.15, 0.2) is 6.61 Å². The lowest BCUT2D eigenvalue weighted by atomic mass is 9.44. The van der Waals surface area contributed by atoms with Crippen molar-refractivity contribution >= 4 is 23.4 Å². The molecule has 1 heterocycles. The summed E-state index contributed by atoms with van der Waals surface area (Å²) in [6.45, 7) is -3.09. The van der Waals surface area contributed by atoms with Gasteiger partial charge >= 0.3 is 6.55 Å². The van der Waals surface area contributed by atoms with Crippen LogP contribution in [0, 0.1) is 5.82 Å². The summed E-state index contributed by atoms with van der Waals surface area (Å²) >= 11 is 5.59. The Kier molecular flexibility index (Phi) is 4.68. The normalized spacial score (nSPS) is 24.4. The van der Waals surface area contributed by atoms with Crippen molar-refractivity contribution in [1.82, 2.24) is 20.4 Å². The third kappa shape index (κ3) is 3.76. The molecule has 0 saturated heterocycles. The van der Waals surface area contributed by atoms with E-state index in [9.17, 15) is 22.8 Å². The predicted octanol–water partition coefficient (Wildman–Crippen LogP) is 2.67. The van der Waals surface area contributed by atoms with Gasteiger partial charge in [-0.2, -0.15) is 13.9 Å². The second kappa shape index (κ2) is 6.94. The van der Waals surface area contributed by atoms with Crippen molar-refractivity contribution in [2.24, 2.45) is 0 Å². The summed E-state index contributed by atoms with van der Waals surface area (Å²) in [5, 5.41) is 9.08. The Morgan fingerprint density at radius 1 is 1.24 bits per heavy atom. The van der Waals surface area contributed by atoms with Crippen LogP contribution in [-0.4, -0.2) is 39.3 Å². The van der Waals surface area contributed by atoms with E-state index in [1.165, 1.54) is 12.1 Å². The molecule has 3 fully saturated rings. The van der Waals surface area contributed by atoms with Gasteiger partial charge in [-0.15, -0.1) is 0 Å². The van der Waals surface area contributed by atoms with E-state index >= 15 is 0 Å². The van der Waals surface area contributed by atoms with Gasteiger partial charge in [0.25, 0.3) is 11.8 Å². The Hall–Kier alpha value is -2.75. The van der Waals surface area contributed by atoms with Gasteiger partial charge in [-0.25, -0.2) is 9.07 Å². The van der Waals surface area contributed by atoms with Gasteiger partial charge in [-0.05, 0) is 31.4 Å². The van der Waals surface area contributed by atoms with Gasteiger partial charge in [-0.3, -0.25) is 9.59 Å². The molecule has 2 N–H and O–H groups in total. The zero-order valence-corrected chi connectivity index (χ0v) is 15.7. The number of halogens is 4. The summed E-state index contributed by atoms with van der Waals surface area (Å²) in [4.78, 5) is 24.3. The van der Waals surface area contributed by atoms with E-state index in [0.29, 0.717) is 23.9 Å². The molecule has 3 aliphatic carbocycles. The first-order chi connectivity index (χ1) is 13.7. The first kappa shape index (κ1) is 19.6. The number of nitrogens with zero attached hydrogens (tertiary/aromatic N) is 2. The molecule has 11 heteroatoms. The highest BCUT2D eigenvalue weighted by Gasteiger charge is 2.69. The maximum absolute atomic E-state index is 13.4. The van der Waals surface area contributed by atoms with E-state index in [1.807, 2.05) is 0 Å². The summed E-state index contributed by atoms with van der Waals surface area (Å²) in [7, 11) is 0. The molecular weight excluding hydrogens is 413 g/mol. The molecule has 2 amide bonds. The fourth-order valence-electron chi connectivity index (χ4n) is 3.98. The van der Waals surface area contributed by atoms with Gasteiger partial charge in [0.2, 0.25) is 0 Å². The molecule has 0 radical (unpaired) electrons. The average molecular weight is 429 g/mol. The van der Waals surface area contributed by atoms with Crippen molar-refractivity contribution in [3.05, 3.63) is 47.0 Å². The van der Waals surface area contributed by atoms with Crippen LogP contribution in [0.25, 0.3) is 0 Å². The molecule has 2 bridgehead atoms. The lowest BCUT2D eigenvalue weighted by Crippen LogP contribution is -2.84. The van der Waals surface area contributed by atoms with Gasteiger partial charge in [0, 0.05) is 23.3 Å². The largest absolute Gasteiger partial charge is 0.484 e. The van der Waals surface area contributed by atoms with Crippen LogP contribution < -0.4 is 15.4 Å². The Bertz CT molecular complexity index is 961. The number of nitrogens with one attached hydrogen (secondary N) is 2. The van der Waals surface area contributed by atoms with Crippen LogP contribution in [-0.2, 0) is 4.79 Å². The van der Waals surface area contributed by atoms with Crippen LogP contribution in [0.4, 0.5) is 13.2 Å². The number of aromatic nitrogens is 2. The zero-order chi connectivity index (χ0) is 20.8. The Balaban J connectivity index is 1.23. The summed E-state index contributed by atoms with van der Waals surface area (Å²) < 4.78 is 44.1. The van der Waals surface area contributed by atoms with Crippen LogP contribution in [0.1, 0.15) is 36.2 Å². The van der Waals surface area contributed by atoms with Crippen LogP contribution in [0.2, 0.25) is 5.02 Å². The lowest BCUT2D eigenvalue weighted by Gasteiger charge is -2.70. The molecule has 29 heavy (non-hydrogen) atoms. The SMILES string of the molecule is O=C(COc1ccc(Cl)c(F)c1)NC12CC(NC(=O)c3cnn(C(F)F)c3)(C1)C2. The fourth-order valence-corrected chi connectivity index (χ4v) is 4.09. The quantitative estimate of drug-likeness (QED) is 0.710. The third-order valence-corrected chi connectivity index (χ3v) is 5.44. The van der Waals surface area contributed by atoms with Crippen LogP contribution in [0.5, 0.6) is 5.75 Å². The van der Waals surface area contributed by atoms with Crippen molar-refractivity contribution in [3.8, 4) is 5.75 Å². The molecule has 7 nitrogen and oxygen atoms in total. The van der Waals surface area contributed by atoms with Crippen LogP contribution in [0.15, 0.2) is 30.6 Å². The van der Waals surface area contributed by atoms with Gasteiger partial charge < -0.3 is 15.4 Å². The second-order valence-electron chi connectivity index (χ2n) is 7.44. The van der Waals surface area contributed by atoms with Crippen molar-refractivity contribution in [2.45, 2.75) is 36.9 Å². The highest BCUT2D eigenvalue weighted by atomic mass is 35.5. The molecule has 5 rings (SSSR count). The van der Waals surface area contributed by atoms with Crippen molar-refractivity contribution < 1.29 is 27.5 Å². The molecule has 0 aliphatic heterocycles. The van der Waals surface area contributed by atoms with E-state index in [4.69, 9.17) is 16.3 Å². The molecule has 0 spiro atoms. The summed E-state index contributed by atoms with van der Waals surface area (Å²) in [5.74, 6) is -1.30. The maximum Gasteiger partial charge on any atom is 0.333 e. The molecule has 0 unspecified atom stereocenters. The molecule has 154 valence electrons. The van der Waals surface area contributed by atoms with E-state index in [0.717, 1.165) is 18.5 Å². The monoisotopic (exact) mass is 428 g/mol. The number of rotatable bonds is 7. The number of carbonyl (C=O) groups excluding carboxylic acids is 2. The maximum atomic E-state index is 13.4. The highest BCUT2D eigenvalue weighted by Crippen LogP contribution is 2.60. The Morgan fingerprint density at radius 3 is 2.55 bits per heavy atom.